The van der Waals surface area contributed by atoms with E-state index in [0.717, 1.165) is 5.56 Å². The van der Waals surface area contributed by atoms with E-state index in [0.29, 0.717) is 13.0 Å². The summed E-state index contributed by atoms with van der Waals surface area (Å²) < 4.78 is 6.77. The smallest absolute Gasteiger partial charge is 0.329 e. The Morgan fingerprint density at radius 1 is 1.39 bits per heavy atom. The van der Waals surface area contributed by atoms with Crippen molar-refractivity contribution >= 4 is 11.9 Å². The summed E-state index contributed by atoms with van der Waals surface area (Å²) in [7, 11) is 0. The van der Waals surface area contributed by atoms with Crippen LogP contribution in [0.25, 0.3) is 0 Å². The van der Waals surface area contributed by atoms with Crippen LogP contribution in [0.4, 0.5) is 0 Å². The Balaban J connectivity index is 1.64. The molecule has 23 heavy (non-hydrogen) atoms. The van der Waals surface area contributed by atoms with Crippen LogP contribution >= 0.6 is 0 Å². The van der Waals surface area contributed by atoms with Crippen LogP contribution in [-0.4, -0.2) is 38.5 Å². The van der Waals surface area contributed by atoms with Crippen molar-refractivity contribution in [2.24, 2.45) is 0 Å². The van der Waals surface area contributed by atoms with Crippen molar-refractivity contribution in [3.8, 4) is 0 Å². The fourth-order valence-corrected chi connectivity index (χ4v) is 2.55. The first-order valence-electron chi connectivity index (χ1n) is 7.41. The van der Waals surface area contributed by atoms with Crippen molar-refractivity contribution < 1.29 is 14.3 Å². The summed E-state index contributed by atoms with van der Waals surface area (Å²) in [4.78, 5) is 23.9. The summed E-state index contributed by atoms with van der Waals surface area (Å²) >= 11 is 0. The standard InChI is InChI=1S/C16H18N4O3/c1-16(2)8-12(15(22)23-16)17-14(21)13-10-20(19-18-13)9-11-6-4-3-5-7-11/h3-7,10,12H,8-9H2,1-2H3,(H,17,21). The molecule has 0 radical (unpaired) electrons. The highest BCUT2D eigenvalue weighted by Gasteiger charge is 2.41. The molecule has 0 bridgehead atoms. The number of carbonyl (C=O) groups excluding carboxylic acids is 2. The van der Waals surface area contributed by atoms with Gasteiger partial charge in [0.15, 0.2) is 5.69 Å². The number of hydrogen-bond acceptors (Lipinski definition) is 5. The van der Waals surface area contributed by atoms with Crippen LogP contribution in [0, 0.1) is 0 Å². The number of ether oxygens (including phenoxy) is 1. The molecular weight excluding hydrogens is 296 g/mol. The Morgan fingerprint density at radius 3 is 2.78 bits per heavy atom. The second kappa shape index (κ2) is 5.83. The SMILES string of the molecule is CC1(C)CC(NC(=O)c2cn(Cc3ccccc3)nn2)C(=O)O1. The lowest BCUT2D eigenvalue weighted by molar-refractivity contribution is -0.147. The molecule has 1 aliphatic rings. The number of nitrogens with zero attached hydrogens (tertiary/aromatic N) is 3. The molecule has 2 aromatic rings. The molecule has 120 valence electrons. The van der Waals surface area contributed by atoms with Crippen molar-refractivity contribution in [3.05, 3.63) is 47.8 Å². The molecule has 1 unspecified atom stereocenters. The average molecular weight is 314 g/mol. The minimum Gasteiger partial charge on any atom is -0.458 e. The molecule has 1 amide bonds. The predicted octanol–water partition coefficient (Wildman–Crippen LogP) is 1.15. The normalized spacial score (nSPS) is 19.4. The number of nitrogens with one attached hydrogen (secondary N) is 1. The Morgan fingerprint density at radius 2 is 2.13 bits per heavy atom. The second-order valence-corrected chi connectivity index (χ2v) is 6.20. The summed E-state index contributed by atoms with van der Waals surface area (Å²) in [6, 6.07) is 9.11. The first-order valence-corrected chi connectivity index (χ1v) is 7.41. The molecule has 0 aliphatic carbocycles. The number of hydrogen-bond donors (Lipinski definition) is 1. The van der Waals surface area contributed by atoms with Gasteiger partial charge in [-0.3, -0.25) is 4.79 Å². The van der Waals surface area contributed by atoms with Crippen molar-refractivity contribution in [2.75, 3.05) is 0 Å². The molecule has 7 nitrogen and oxygen atoms in total. The molecule has 1 atom stereocenters. The lowest BCUT2D eigenvalue weighted by atomic mass is 10.0. The minimum absolute atomic E-state index is 0.179. The van der Waals surface area contributed by atoms with Gasteiger partial charge in [0.05, 0.1) is 12.7 Å². The van der Waals surface area contributed by atoms with Crippen LogP contribution in [0.1, 0.15) is 36.3 Å². The molecule has 7 heteroatoms. The molecule has 0 spiro atoms. The molecule has 1 aromatic heterocycles. The van der Waals surface area contributed by atoms with E-state index >= 15 is 0 Å². The van der Waals surface area contributed by atoms with Gasteiger partial charge in [0, 0.05) is 6.42 Å². The number of aromatic nitrogens is 3. The number of esters is 1. The van der Waals surface area contributed by atoms with E-state index in [9.17, 15) is 9.59 Å². The monoisotopic (exact) mass is 314 g/mol. The average Bonchev–Trinajstić information content (AvgIpc) is 3.04. The van der Waals surface area contributed by atoms with Gasteiger partial charge >= 0.3 is 5.97 Å². The Labute approximate surface area is 133 Å². The zero-order chi connectivity index (χ0) is 16.4. The summed E-state index contributed by atoms with van der Waals surface area (Å²) in [5, 5.41) is 10.5. The van der Waals surface area contributed by atoms with E-state index in [2.05, 4.69) is 15.6 Å². The summed E-state index contributed by atoms with van der Waals surface area (Å²) in [5.41, 5.74) is 0.684. The Hall–Kier alpha value is -2.70. The van der Waals surface area contributed by atoms with Crippen LogP contribution in [0.3, 0.4) is 0 Å². The third-order valence-corrected chi connectivity index (χ3v) is 3.62. The Kier molecular flexibility index (Phi) is 3.85. The van der Waals surface area contributed by atoms with E-state index < -0.39 is 23.5 Å². The van der Waals surface area contributed by atoms with Crippen LogP contribution in [0.5, 0.6) is 0 Å². The first-order chi connectivity index (χ1) is 10.9. The van der Waals surface area contributed by atoms with E-state index in [-0.39, 0.29) is 5.69 Å². The molecule has 1 aliphatic heterocycles. The van der Waals surface area contributed by atoms with Gasteiger partial charge in [-0.25, -0.2) is 9.48 Å². The molecule has 0 saturated carbocycles. The highest BCUT2D eigenvalue weighted by Crippen LogP contribution is 2.25. The van der Waals surface area contributed by atoms with Gasteiger partial charge < -0.3 is 10.1 Å². The van der Waals surface area contributed by atoms with Crippen LogP contribution in [-0.2, 0) is 16.1 Å². The zero-order valence-electron chi connectivity index (χ0n) is 13.0. The summed E-state index contributed by atoms with van der Waals surface area (Å²) in [6.45, 7) is 4.15. The van der Waals surface area contributed by atoms with E-state index in [1.54, 1.807) is 10.9 Å². The highest BCUT2D eigenvalue weighted by molar-refractivity contribution is 5.95. The topological polar surface area (TPSA) is 86.1 Å². The van der Waals surface area contributed by atoms with Crippen molar-refractivity contribution in [3.63, 3.8) is 0 Å². The minimum atomic E-state index is -0.642. The van der Waals surface area contributed by atoms with Gasteiger partial charge in [0.1, 0.15) is 11.6 Å². The fraction of sp³-hybridized carbons (Fsp3) is 0.375. The third-order valence-electron chi connectivity index (χ3n) is 3.62. The van der Waals surface area contributed by atoms with E-state index in [1.165, 1.54) is 0 Å². The molecule has 1 N–H and O–H groups in total. The maximum Gasteiger partial charge on any atom is 0.329 e. The maximum absolute atomic E-state index is 12.2. The summed E-state index contributed by atoms with van der Waals surface area (Å²) in [6.07, 6.45) is 2.00. The number of benzene rings is 1. The molecule has 1 fully saturated rings. The van der Waals surface area contributed by atoms with Gasteiger partial charge in [-0.05, 0) is 19.4 Å². The van der Waals surface area contributed by atoms with Crippen LogP contribution in [0.2, 0.25) is 0 Å². The van der Waals surface area contributed by atoms with Crippen LogP contribution < -0.4 is 5.32 Å². The molecule has 3 rings (SSSR count). The van der Waals surface area contributed by atoms with Crippen molar-refractivity contribution in [2.45, 2.75) is 38.5 Å². The first kappa shape index (κ1) is 15.2. The molecule has 2 heterocycles. The Bertz CT molecular complexity index is 724. The number of carbonyl (C=O) groups is 2. The lowest BCUT2D eigenvalue weighted by Gasteiger charge is -2.14. The zero-order valence-corrected chi connectivity index (χ0v) is 13.0. The molecular formula is C16H18N4O3. The van der Waals surface area contributed by atoms with E-state index in [1.807, 2.05) is 44.2 Å². The molecule has 1 saturated heterocycles. The molecule has 1 aromatic carbocycles. The van der Waals surface area contributed by atoms with Gasteiger partial charge in [0.25, 0.3) is 5.91 Å². The third kappa shape index (κ3) is 3.56. The van der Waals surface area contributed by atoms with E-state index in [4.69, 9.17) is 4.74 Å². The largest absolute Gasteiger partial charge is 0.458 e. The van der Waals surface area contributed by atoms with Gasteiger partial charge in [-0.1, -0.05) is 35.5 Å². The fourth-order valence-electron chi connectivity index (χ4n) is 2.55. The number of rotatable bonds is 4. The van der Waals surface area contributed by atoms with Gasteiger partial charge in [-0.15, -0.1) is 5.10 Å². The predicted molar refractivity (Wildman–Crippen MR) is 81.6 cm³/mol. The number of amides is 1. The lowest BCUT2D eigenvalue weighted by Crippen LogP contribution is -2.38. The van der Waals surface area contributed by atoms with Gasteiger partial charge in [-0.2, -0.15) is 0 Å². The quantitative estimate of drug-likeness (QED) is 0.856. The highest BCUT2D eigenvalue weighted by atomic mass is 16.6. The van der Waals surface area contributed by atoms with Gasteiger partial charge in [0.2, 0.25) is 0 Å². The van der Waals surface area contributed by atoms with Crippen molar-refractivity contribution in [1.29, 1.82) is 0 Å². The second-order valence-electron chi connectivity index (χ2n) is 6.20. The maximum atomic E-state index is 12.2. The number of cyclic esters (lactones) is 1. The van der Waals surface area contributed by atoms with Crippen molar-refractivity contribution in [1.82, 2.24) is 20.3 Å². The summed E-state index contributed by atoms with van der Waals surface area (Å²) in [5.74, 6) is -0.844. The van der Waals surface area contributed by atoms with Crippen LogP contribution in [0.15, 0.2) is 36.5 Å².